The van der Waals surface area contributed by atoms with E-state index in [9.17, 15) is 0 Å². The fourth-order valence-electron chi connectivity index (χ4n) is 3.38. The Morgan fingerprint density at radius 2 is 2.25 bits per heavy atom. The molecule has 3 nitrogen and oxygen atoms in total. The van der Waals surface area contributed by atoms with Gasteiger partial charge in [-0.15, -0.1) is 0 Å². The molecule has 2 heterocycles. The maximum atomic E-state index is 5.93. The summed E-state index contributed by atoms with van der Waals surface area (Å²) in [5, 5.41) is 3.65. The monoisotopic (exact) mass is 224 g/mol. The first kappa shape index (κ1) is 11.0. The third-order valence-electron chi connectivity index (χ3n) is 4.47. The highest BCUT2D eigenvalue weighted by atomic mass is 16.5. The summed E-state index contributed by atoms with van der Waals surface area (Å²) in [5.74, 6) is 0.938. The molecule has 92 valence electrons. The molecule has 0 bridgehead atoms. The van der Waals surface area contributed by atoms with E-state index in [1.54, 1.807) is 0 Å². The molecule has 3 rings (SSSR count). The van der Waals surface area contributed by atoms with Crippen molar-refractivity contribution in [2.45, 2.75) is 50.8 Å². The van der Waals surface area contributed by atoms with Crippen LogP contribution in [-0.4, -0.2) is 49.3 Å². The molecule has 1 N–H and O–H groups in total. The van der Waals surface area contributed by atoms with Gasteiger partial charge in [0.1, 0.15) is 0 Å². The van der Waals surface area contributed by atoms with Gasteiger partial charge in [-0.1, -0.05) is 6.92 Å². The van der Waals surface area contributed by atoms with Crippen LogP contribution >= 0.6 is 0 Å². The molecule has 2 aliphatic heterocycles. The minimum atomic E-state index is 0.435. The van der Waals surface area contributed by atoms with Crippen molar-refractivity contribution >= 4 is 0 Å². The molecular weight excluding hydrogens is 200 g/mol. The van der Waals surface area contributed by atoms with Gasteiger partial charge in [-0.25, -0.2) is 0 Å². The summed E-state index contributed by atoms with van der Waals surface area (Å²) < 4.78 is 5.93. The Morgan fingerprint density at radius 3 is 3.06 bits per heavy atom. The Labute approximate surface area is 98.5 Å². The molecule has 1 saturated carbocycles. The van der Waals surface area contributed by atoms with Crippen LogP contribution in [0.15, 0.2) is 0 Å². The van der Waals surface area contributed by atoms with Gasteiger partial charge >= 0.3 is 0 Å². The van der Waals surface area contributed by atoms with E-state index in [4.69, 9.17) is 4.74 Å². The minimum Gasteiger partial charge on any atom is -0.374 e. The molecule has 2 atom stereocenters. The molecule has 2 unspecified atom stereocenters. The highest BCUT2D eigenvalue weighted by Crippen LogP contribution is 2.27. The van der Waals surface area contributed by atoms with Gasteiger partial charge in [0.25, 0.3) is 0 Å². The Hall–Kier alpha value is -0.120. The fraction of sp³-hybridized carbons (Fsp3) is 1.00. The average molecular weight is 224 g/mol. The predicted molar refractivity (Wildman–Crippen MR) is 64.5 cm³/mol. The lowest BCUT2D eigenvalue weighted by atomic mass is 9.82. The Bertz CT molecular complexity index is 240. The second-order valence-electron chi connectivity index (χ2n) is 5.93. The first-order valence-electron chi connectivity index (χ1n) is 6.90. The van der Waals surface area contributed by atoms with Crippen LogP contribution in [0.1, 0.15) is 32.6 Å². The zero-order chi connectivity index (χ0) is 11.0. The number of nitrogens with zero attached hydrogens (tertiary/aromatic N) is 1. The number of nitrogens with one attached hydrogen (secondary N) is 1. The molecule has 0 radical (unpaired) electrons. The summed E-state index contributed by atoms with van der Waals surface area (Å²) >= 11 is 0. The summed E-state index contributed by atoms with van der Waals surface area (Å²) in [6.07, 6.45) is 5.87. The van der Waals surface area contributed by atoms with Crippen LogP contribution in [-0.2, 0) is 4.74 Å². The molecule has 3 fully saturated rings. The van der Waals surface area contributed by atoms with Crippen molar-refractivity contribution in [3.8, 4) is 0 Å². The van der Waals surface area contributed by atoms with Crippen LogP contribution in [0.5, 0.6) is 0 Å². The lowest BCUT2D eigenvalue weighted by Gasteiger charge is -2.38. The summed E-state index contributed by atoms with van der Waals surface area (Å²) in [6, 6.07) is 1.51. The van der Waals surface area contributed by atoms with Crippen LogP contribution in [0.2, 0.25) is 0 Å². The van der Waals surface area contributed by atoms with Crippen LogP contribution in [0, 0.1) is 5.92 Å². The summed E-state index contributed by atoms with van der Waals surface area (Å²) in [7, 11) is 0. The van der Waals surface area contributed by atoms with Gasteiger partial charge in [0.2, 0.25) is 0 Å². The second-order valence-corrected chi connectivity index (χ2v) is 5.93. The lowest BCUT2D eigenvalue weighted by molar-refractivity contribution is -0.0492. The molecule has 0 amide bonds. The zero-order valence-electron chi connectivity index (χ0n) is 10.3. The Balaban J connectivity index is 1.39. The quantitative estimate of drug-likeness (QED) is 0.780. The Morgan fingerprint density at radius 1 is 1.38 bits per heavy atom. The van der Waals surface area contributed by atoms with Crippen LogP contribution < -0.4 is 5.32 Å². The van der Waals surface area contributed by atoms with Gasteiger partial charge in [-0.2, -0.15) is 0 Å². The van der Waals surface area contributed by atoms with E-state index >= 15 is 0 Å². The molecule has 0 aromatic rings. The van der Waals surface area contributed by atoms with Crippen molar-refractivity contribution in [1.82, 2.24) is 10.2 Å². The topological polar surface area (TPSA) is 24.5 Å². The molecule has 0 aromatic carbocycles. The van der Waals surface area contributed by atoms with Crippen molar-refractivity contribution in [2.24, 2.45) is 5.92 Å². The van der Waals surface area contributed by atoms with Gasteiger partial charge in [-0.3, -0.25) is 4.90 Å². The number of fused-ring (bicyclic) bond motifs is 1. The first-order chi connectivity index (χ1) is 7.81. The molecule has 1 aliphatic carbocycles. The lowest BCUT2D eigenvalue weighted by Crippen LogP contribution is -2.52. The van der Waals surface area contributed by atoms with Gasteiger partial charge in [0, 0.05) is 25.2 Å². The number of hydrogen-bond acceptors (Lipinski definition) is 3. The van der Waals surface area contributed by atoms with Crippen molar-refractivity contribution in [1.29, 1.82) is 0 Å². The van der Waals surface area contributed by atoms with Crippen molar-refractivity contribution in [3.05, 3.63) is 0 Å². The van der Waals surface area contributed by atoms with E-state index < -0.39 is 0 Å². The number of hydrogen-bond donors (Lipinski definition) is 1. The highest BCUT2D eigenvalue weighted by molar-refractivity contribution is 4.88. The summed E-state index contributed by atoms with van der Waals surface area (Å²) in [4.78, 5) is 2.62. The molecule has 3 aliphatic rings. The molecule has 2 saturated heterocycles. The van der Waals surface area contributed by atoms with Crippen LogP contribution in [0.4, 0.5) is 0 Å². The third kappa shape index (κ3) is 2.27. The zero-order valence-corrected chi connectivity index (χ0v) is 10.3. The van der Waals surface area contributed by atoms with Gasteiger partial charge in [0.05, 0.1) is 12.7 Å². The molecule has 0 spiro atoms. The minimum absolute atomic E-state index is 0.435. The van der Waals surface area contributed by atoms with Crippen LogP contribution in [0.3, 0.4) is 0 Å². The van der Waals surface area contributed by atoms with Gasteiger partial charge in [-0.05, 0) is 38.1 Å². The first-order valence-corrected chi connectivity index (χ1v) is 6.90. The standard InChI is InChI=1S/C13H24N2O/c1-10-5-11(6-10)14-7-13-8-15-4-2-3-12(15)9-16-13/h10-14H,2-9H2,1H3. The number of rotatable bonds is 3. The second kappa shape index (κ2) is 4.63. The molecule has 16 heavy (non-hydrogen) atoms. The summed E-state index contributed by atoms with van der Waals surface area (Å²) in [6.45, 7) is 6.81. The average Bonchev–Trinajstić information content (AvgIpc) is 2.69. The molecule has 0 aromatic heterocycles. The van der Waals surface area contributed by atoms with Crippen molar-refractivity contribution < 1.29 is 4.74 Å². The van der Waals surface area contributed by atoms with E-state index in [2.05, 4.69) is 17.1 Å². The maximum Gasteiger partial charge on any atom is 0.0827 e. The van der Waals surface area contributed by atoms with E-state index in [-0.39, 0.29) is 0 Å². The van der Waals surface area contributed by atoms with Gasteiger partial charge in [0.15, 0.2) is 0 Å². The van der Waals surface area contributed by atoms with Gasteiger partial charge < -0.3 is 10.1 Å². The van der Waals surface area contributed by atoms with E-state index in [0.717, 1.165) is 37.7 Å². The highest BCUT2D eigenvalue weighted by Gasteiger charge is 2.33. The van der Waals surface area contributed by atoms with Crippen molar-refractivity contribution in [3.63, 3.8) is 0 Å². The Kier molecular flexibility index (Phi) is 3.18. The number of morpholine rings is 1. The van der Waals surface area contributed by atoms with E-state index in [1.807, 2.05) is 0 Å². The SMILES string of the molecule is CC1CC(NCC2CN3CCCC3CO2)C1. The molecule has 3 heteroatoms. The smallest absolute Gasteiger partial charge is 0.0827 e. The molecular formula is C13H24N2O. The number of ether oxygens (including phenoxy) is 1. The predicted octanol–water partition coefficient (Wildman–Crippen LogP) is 1.24. The van der Waals surface area contributed by atoms with E-state index in [0.29, 0.717) is 6.10 Å². The van der Waals surface area contributed by atoms with Crippen molar-refractivity contribution in [2.75, 3.05) is 26.2 Å². The maximum absolute atomic E-state index is 5.93. The van der Waals surface area contributed by atoms with Crippen LogP contribution in [0.25, 0.3) is 0 Å². The van der Waals surface area contributed by atoms with E-state index in [1.165, 1.54) is 32.2 Å². The third-order valence-corrected chi connectivity index (χ3v) is 4.47. The summed E-state index contributed by atoms with van der Waals surface area (Å²) in [5.41, 5.74) is 0. The largest absolute Gasteiger partial charge is 0.374 e. The fourth-order valence-corrected chi connectivity index (χ4v) is 3.38. The normalized spacial score (nSPS) is 44.1.